The summed E-state index contributed by atoms with van der Waals surface area (Å²) in [5, 5.41) is 4.76. The van der Waals surface area contributed by atoms with E-state index in [4.69, 9.17) is 0 Å². The number of carbonyl (C=O) groups is 1. The number of rotatable bonds is 3. The molecule has 92 valence electrons. The van der Waals surface area contributed by atoms with Gasteiger partial charge in [-0.2, -0.15) is 0 Å². The quantitative estimate of drug-likeness (QED) is 0.826. The zero-order valence-corrected chi connectivity index (χ0v) is 10.1. The summed E-state index contributed by atoms with van der Waals surface area (Å²) in [6.45, 7) is 2.11. The lowest BCUT2D eigenvalue weighted by Crippen LogP contribution is -2.35. The van der Waals surface area contributed by atoms with E-state index in [0.717, 1.165) is 18.8 Å². The minimum absolute atomic E-state index is 0.160. The van der Waals surface area contributed by atoms with Gasteiger partial charge in [0.15, 0.2) is 0 Å². The van der Waals surface area contributed by atoms with Crippen molar-refractivity contribution < 1.29 is 4.79 Å². The lowest BCUT2D eigenvalue weighted by molar-refractivity contribution is 0.0958. The van der Waals surface area contributed by atoms with Crippen molar-refractivity contribution in [2.24, 2.45) is 0 Å². The first-order valence-corrected chi connectivity index (χ1v) is 5.99. The zero-order chi connectivity index (χ0) is 12.1. The number of aromatic nitrogens is 1. The average Bonchev–Trinajstić information content (AvgIpc) is 2.39. The van der Waals surface area contributed by atoms with Crippen LogP contribution in [0.4, 0.5) is 5.69 Å². The number of amides is 1. The predicted molar refractivity (Wildman–Crippen MR) is 66.7 cm³/mol. The second kappa shape index (κ2) is 5.63. The van der Waals surface area contributed by atoms with Crippen molar-refractivity contribution >= 4 is 11.6 Å². The summed E-state index contributed by atoms with van der Waals surface area (Å²) in [5.74, 6) is -0.160. The van der Waals surface area contributed by atoms with E-state index in [1.807, 2.05) is 6.07 Å². The fourth-order valence-corrected chi connectivity index (χ4v) is 1.94. The summed E-state index contributed by atoms with van der Waals surface area (Å²) in [6.07, 6.45) is 5.40. The van der Waals surface area contributed by atoms with Gasteiger partial charge in [-0.15, -0.1) is 0 Å². The number of piperidine rings is 1. The van der Waals surface area contributed by atoms with Gasteiger partial charge < -0.3 is 10.7 Å². The zero-order valence-electron chi connectivity index (χ0n) is 10.1. The Morgan fingerprint density at radius 2 is 2.12 bits per heavy atom. The Kier molecular flexibility index (Phi) is 3.93. The van der Waals surface area contributed by atoms with Crippen LogP contribution in [0.5, 0.6) is 0 Å². The third-order valence-electron chi connectivity index (χ3n) is 2.86. The molecule has 1 saturated heterocycles. The van der Waals surface area contributed by atoms with Crippen molar-refractivity contribution in [1.29, 1.82) is 0 Å². The summed E-state index contributed by atoms with van der Waals surface area (Å²) in [6, 6.07) is 3.65. The minimum Gasteiger partial charge on any atom is -0.354 e. The van der Waals surface area contributed by atoms with Gasteiger partial charge in [-0.3, -0.25) is 9.78 Å². The Morgan fingerprint density at radius 3 is 2.82 bits per heavy atom. The van der Waals surface area contributed by atoms with E-state index in [9.17, 15) is 4.79 Å². The molecule has 1 aromatic heterocycles. The molecule has 2 N–H and O–H groups in total. The monoisotopic (exact) mass is 234 g/mol. The van der Waals surface area contributed by atoms with Crippen LogP contribution in [-0.4, -0.2) is 36.0 Å². The lowest BCUT2D eigenvalue weighted by atomic mass is 10.2. The van der Waals surface area contributed by atoms with E-state index in [1.165, 1.54) is 19.3 Å². The normalized spacial score (nSPS) is 16.5. The van der Waals surface area contributed by atoms with Gasteiger partial charge >= 0.3 is 0 Å². The van der Waals surface area contributed by atoms with E-state index in [2.05, 4.69) is 20.7 Å². The standard InChI is InChI=1S/C12H18N4O/c1-13-12(17)11-9-10(5-6-14-11)15-16-7-3-2-4-8-16/h5-6,9H,2-4,7-8H2,1H3,(H,13,17)(H,14,15). The fourth-order valence-electron chi connectivity index (χ4n) is 1.94. The number of nitrogens with one attached hydrogen (secondary N) is 2. The summed E-state index contributed by atoms with van der Waals surface area (Å²) in [5.41, 5.74) is 4.67. The average molecular weight is 234 g/mol. The van der Waals surface area contributed by atoms with Crippen molar-refractivity contribution in [3.05, 3.63) is 24.0 Å². The van der Waals surface area contributed by atoms with E-state index in [0.29, 0.717) is 5.69 Å². The van der Waals surface area contributed by atoms with Crippen LogP contribution in [0.1, 0.15) is 29.8 Å². The maximum atomic E-state index is 11.4. The number of hydrogen-bond acceptors (Lipinski definition) is 4. The van der Waals surface area contributed by atoms with Gasteiger partial charge in [0.1, 0.15) is 5.69 Å². The molecule has 17 heavy (non-hydrogen) atoms. The first-order chi connectivity index (χ1) is 8.29. The largest absolute Gasteiger partial charge is 0.354 e. The molecule has 2 rings (SSSR count). The number of nitrogens with zero attached hydrogens (tertiary/aromatic N) is 2. The highest BCUT2D eigenvalue weighted by Gasteiger charge is 2.11. The molecule has 1 fully saturated rings. The van der Waals surface area contributed by atoms with Crippen molar-refractivity contribution in [1.82, 2.24) is 15.3 Å². The molecule has 0 aliphatic carbocycles. The van der Waals surface area contributed by atoms with E-state index in [1.54, 1.807) is 19.3 Å². The molecule has 1 aliphatic rings. The second-order valence-corrected chi connectivity index (χ2v) is 4.17. The molecule has 0 aromatic carbocycles. The molecule has 5 nitrogen and oxygen atoms in total. The molecule has 0 saturated carbocycles. The highest BCUT2D eigenvalue weighted by molar-refractivity contribution is 5.92. The summed E-state index contributed by atoms with van der Waals surface area (Å²) in [4.78, 5) is 15.5. The third-order valence-corrected chi connectivity index (χ3v) is 2.86. The van der Waals surface area contributed by atoms with Crippen LogP contribution in [0.15, 0.2) is 18.3 Å². The van der Waals surface area contributed by atoms with Crippen LogP contribution in [0, 0.1) is 0 Å². The molecule has 2 heterocycles. The Balaban J connectivity index is 2.02. The Morgan fingerprint density at radius 1 is 1.35 bits per heavy atom. The van der Waals surface area contributed by atoms with E-state index < -0.39 is 0 Å². The number of hydrogen-bond donors (Lipinski definition) is 2. The Hall–Kier alpha value is -1.62. The van der Waals surface area contributed by atoms with Crippen LogP contribution in [0.3, 0.4) is 0 Å². The maximum Gasteiger partial charge on any atom is 0.269 e. The molecule has 0 bridgehead atoms. The van der Waals surface area contributed by atoms with Crippen LogP contribution in [0.2, 0.25) is 0 Å². The van der Waals surface area contributed by atoms with Gasteiger partial charge in [0, 0.05) is 26.3 Å². The molecular weight excluding hydrogens is 216 g/mol. The lowest BCUT2D eigenvalue weighted by Gasteiger charge is -2.27. The molecule has 0 unspecified atom stereocenters. The molecule has 1 amide bonds. The van der Waals surface area contributed by atoms with Crippen molar-refractivity contribution in [3.8, 4) is 0 Å². The van der Waals surface area contributed by atoms with Crippen LogP contribution in [-0.2, 0) is 0 Å². The maximum absolute atomic E-state index is 11.4. The summed E-state index contributed by atoms with van der Waals surface area (Å²) >= 11 is 0. The van der Waals surface area contributed by atoms with Crippen LogP contribution >= 0.6 is 0 Å². The minimum atomic E-state index is -0.160. The topological polar surface area (TPSA) is 57.3 Å². The van der Waals surface area contributed by atoms with Gasteiger partial charge in [-0.25, -0.2) is 5.01 Å². The van der Waals surface area contributed by atoms with Crippen LogP contribution in [0.25, 0.3) is 0 Å². The van der Waals surface area contributed by atoms with Gasteiger partial charge in [0.2, 0.25) is 0 Å². The van der Waals surface area contributed by atoms with Gasteiger partial charge in [-0.05, 0) is 25.0 Å². The molecule has 1 aliphatic heterocycles. The van der Waals surface area contributed by atoms with E-state index in [-0.39, 0.29) is 5.91 Å². The number of carbonyl (C=O) groups excluding carboxylic acids is 1. The van der Waals surface area contributed by atoms with Crippen molar-refractivity contribution in [3.63, 3.8) is 0 Å². The third kappa shape index (κ3) is 3.17. The summed E-state index contributed by atoms with van der Waals surface area (Å²) in [7, 11) is 1.61. The van der Waals surface area contributed by atoms with Gasteiger partial charge in [-0.1, -0.05) is 6.42 Å². The predicted octanol–water partition coefficient (Wildman–Crippen LogP) is 1.25. The van der Waals surface area contributed by atoms with E-state index >= 15 is 0 Å². The number of anilines is 1. The molecule has 0 atom stereocenters. The van der Waals surface area contributed by atoms with Gasteiger partial charge in [0.25, 0.3) is 5.91 Å². The van der Waals surface area contributed by atoms with Crippen molar-refractivity contribution in [2.75, 3.05) is 25.6 Å². The van der Waals surface area contributed by atoms with Crippen LogP contribution < -0.4 is 10.7 Å². The highest BCUT2D eigenvalue weighted by Crippen LogP contribution is 2.13. The Bertz CT molecular complexity index is 388. The first-order valence-electron chi connectivity index (χ1n) is 5.99. The molecule has 0 spiro atoms. The molecule has 0 radical (unpaired) electrons. The molecule has 5 heteroatoms. The molecule has 1 aromatic rings. The number of hydrazine groups is 1. The fraction of sp³-hybridized carbons (Fsp3) is 0.500. The molecular formula is C12H18N4O. The second-order valence-electron chi connectivity index (χ2n) is 4.17. The Labute approximate surface area is 101 Å². The summed E-state index contributed by atoms with van der Waals surface area (Å²) < 4.78 is 0. The highest BCUT2D eigenvalue weighted by atomic mass is 16.1. The first kappa shape index (κ1) is 11.9. The van der Waals surface area contributed by atoms with Crippen molar-refractivity contribution in [2.45, 2.75) is 19.3 Å². The number of pyridine rings is 1. The smallest absolute Gasteiger partial charge is 0.269 e. The van der Waals surface area contributed by atoms with Gasteiger partial charge in [0.05, 0.1) is 5.69 Å². The SMILES string of the molecule is CNC(=O)c1cc(NN2CCCCC2)ccn1.